The van der Waals surface area contributed by atoms with E-state index in [2.05, 4.69) is 18.4 Å². The Balaban J connectivity index is 1.72. The van der Waals surface area contributed by atoms with E-state index in [0.29, 0.717) is 6.04 Å². The van der Waals surface area contributed by atoms with E-state index < -0.39 is 0 Å². The molecule has 1 saturated carbocycles. The fourth-order valence-corrected chi connectivity index (χ4v) is 4.95. The lowest BCUT2D eigenvalue weighted by Gasteiger charge is -2.16. The number of nitro benzene ring substituents is 1. The van der Waals surface area contributed by atoms with E-state index in [1.54, 1.807) is 35.2 Å². The summed E-state index contributed by atoms with van der Waals surface area (Å²) in [7, 11) is 0. The molecule has 0 amide bonds. The molecule has 1 heterocycles. The van der Waals surface area contributed by atoms with Crippen molar-refractivity contribution in [1.82, 2.24) is 4.68 Å². The fraction of sp³-hybridized carbons (Fsp3) is 0.304. The summed E-state index contributed by atoms with van der Waals surface area (Å²) in [6.07, 6.45) is 9.86. The summed E-state index contributed by atoms with van der Waals surface area (Å²) in [6, 6.07) is 15.2. The van der Waals surface area contributed by atoms with Crippen molar-refractivity contribution in [2.75, 3.05) is 6.26 Å². The number of hydrogen-bond donors (Lipinski definition) is 0. The molecule has 1 fully saturated rings. The van der Waals surface area contributed by atoms with Crippen LogP contribution in [0.1, 0.15) is 37.7 Å². The molecule has 0 saturated heterocycles. The van der Waals surface area contributed by atoms with Gasteiger partial charge in [0.25, 0.3) is 5.69 Å². The highest BCUT2D eigenvalue weighted by atomic mass is 32.2. The quantitative estimate of drug-likeness (QED) is 0.200. The highest BCUT2D eigenvalue weighted by molar-refractivity contribution is 7.98. The monoisotopic (exact) mass is 452 g/mol. The Kier molecular flexibility index (Phi) is 6.99. The molecule has 6 nitrogen and oxygen atoms in total. The first kappa shape index (κ1) is 21.5. The zero-order valence-electron chi connectivity index (χ0n) is 17.3. The molecule has 1 aliphatic carbocycles. The Morgan fingerprint density at radius 2 is 1.81 bits per heavy atom. The van der Waals surface area contributed by atoms with E-state index in [9.17, 15) is 10.1 Å². The van der Waals surface area contributed by atoms with Gasteiger partial charge in [-0.3, -0.25) is 15.1 Å². The van der Waals surface area contributed by atoms with Crippen LogP contribution in [0.4, 0.5) is 5.69 Å². The maximum absolute atomic E-state index is 11.0. The molecule has 31 heavy (non-hydrogen) atoms. The molecule has 2 aromatic carbocycles. The first-order valence-corrected chi connectivity index (χ1v) is 12.4. The van der Waals surface area contributed by atoms with Crippen LogP contribution in [-0.4, -0.2) is 28.1 Å². The van der Waals surface area contributed by atoms with Crippen LogP contribution in [0.3, 0.4) is 0 Å². The summed E-state index contributed by atoms with van der Waals surface area (Å²) in [6.45, 7) is 0. The van der Waals surface area contributed by atoms with Crippen LogP contribution < -0.4 is 4.80 Å². The van der Waals surface area contributed by atoms with Gasteiger partial charge in [-0.1, -0.05) is 31.4 Å². The topological polar surface area (TPSA) is 72.8 Å². The lowest BCUT2D eigenvalue weighted by atomic mass is 9.96. The number of nitro groups is 1. The van der Waals surface area contributed by atoms with Gasteiger partial charge < -0.3 is 0 Å². The van der Waals surface area contributed by atoms with Gasteiger partial charge in [0, 0.05) is 28.0 Å². The zero-order chi connectivity index (χ0) is 21.6. The summed E-state index contributed by atoms with van der Waals surface area (Å²) < 4.78 is 1.86. The molecule has 0 radical (unpaired) electrons. The third-order valence-corrected chi connectivity index (χ3v) is 6.94. The molecule has 0 atom stereocenters. The molecule has 0 spiro atoms. The number of non-ortho nitro benzene ring substituents is 1. The van der Waals surface area contributed by atoms with Crippen molar-refractivity contribution in [3.63, 3.8) is 0 Å². The van der Waals surface area contributed by atoms with Gasteiger partial charge in [-0.2, -0.15) is 5.10 Å². The highest BCUT2D eigenvalue weighted by Gasteiger charge is 2.14. The summed E-state index contributed by atoms with van der Waals surface area (Å²) in [4.78, 5) is 17.7. The number of nitrogens with zero attached hydrogens (tertiary/aromatic N) is 4. The Morgan fingerprint density at radius 1 is 1.10 bits per heavy atom. The number of rotatable bonds is 6. The molecule has 0 aliphatic heterocycles. The molecule has 3 aromatic rings. The zero-order valence-corrected chi connectivity index (χ0v) is 18.9. The number of hydrogen-bond acceptors (Lipinski definition) is 6. The summed E-state index contributed by atoms with van der Waals surface area (Å²) in [5, 5.41) is 17.8. The maximum Gasteiger partial charge on any atom is 0.269 e. The lowest BCUT2D eigenvalue weighted by Crippen LogP contribution is -2.19. The van der Waals surface area contributed by atoms with Crippen LogP contribution in [0.15, 0.2) is 68.9 Å². The van der Waals surface area contributed by atoms with Crippen molar-refractivity contribution >= 4 is 35.0 Å². The van der Waals surface area contributed by atoms with E-state index in [-0.39, 0.29) is 10.6 Å². The van der Waals surface area contributed by atoms with E-state index in [1.165, 1.54) is 36.3 Å². The molecule has 0 unspecified atom stereocenters. The SMILES string of the molecule is CSc1ccc(/C=N\n2c(-c3ccc([N+](=O)[O-])cc3)csc2=NC2CCCCC2)cc1. The Bertz CT molecular complexity index is 1130. The van der Waals surface area contributed by atoms with Gasteiger partial charge in [-0.05, 0) is 48.9 Å². The van der Waals surface area contributed by atoms with Crippen LogP contribution >= 0.6 is 23.1 Å². The van der Waals surface area contributed by atoms with E-state index in [0.717, 1.165) is 34.5 Å². The van der Waals surface area contributed by atoms with Gasteiger partial charge in [0.15, 0.2) is 0 Å². The van der Waals surface area contributed by atoms with Gasteiger partial charge in [0.2, 0.25) is 4.80 Å². The van der Waals surface area contributed by atoms with Crippen molar-refractivity contribution in [3.05, 3.63) is 74.4 Å². The predicted octanol–water partition coefficient (Wildman–Crippen LogP) is 5.96. The predicted molar refractivity (Wildman–Crippen MR) is 128 cm³/mol. The number of benzene rings is 2. The smallest absolute Gasteiger partial charge is 0.258 e. The molecule has 8 heteroatoms. The average molecular weight is 453 g/mol. The van der Waals surface area contributed by atoms with Crippen LogP contribution in [0.2, 0.25) is 0 Å². The van der Waals surface area contributed by atoms with Crippen molar-refractivity contribution in [1.29, 1.82) is 0 Å². The minimum Gasteiger partial charge on any atom is -0.258 e. The number of thioether (sulfide) groups is 1. The Labute approximate surface area is 189 Å². The molecule has 1 aromatic heterocycles. The van der Waals surface area contributed by atoms with Crippen LogP contribution in [0.5, 0.6) is 0 Å². The van der Waals surface area contributed by atoms with E-state index >= 15 is 0 Å². The fourth-order valence-electron chi connectivity index (χ4n) is 3.63. The third kappa shape index (κ3) is 5.32. The molecular formula is C23H24N4O2S2. The second kappa shape index (κ2) is 10.1. The number of aromatic nitrogens is 1. The average Bonchev–Trinajstić information content (AvgIpc) is 3.21. The standard InChI is InChI=1S/C23H24N4O2S2/c1-30-21-13-7-17(8-14-21)15-24-26-22(18-9-11-20(12-10-18)27(28)29)16-31-23(26)25-19-5-3-2-4-6-19/h7-16,19H,2-6H2,1H3/b24-15-,25-23?. The Morgan fingerprint density at radius 3 is 2.45 bits per heavy atom. The summed E-state index contributed by atoms with van der Waals surface area (Å²) >= 11 is 3.27. The highest BCUT2D eigenvalue weighted by Crippen LogP contribution is 2.24. The molecular weight excluding hydrogens is 428 g/mol. The normalized spacial score (nSPS) is 15.6. The van der Waals surface area contributed by atoms with E-state index in [1.807, 2.05) is 28.4 Å². The molecule has 160 valence electrons. The maximum atomic E-state index is 11.0. The third-order valence-electron chi connectivity index (χ3n) is 5.37. The van der Waals surface area contributed by atoms with Gasteiger partial charge >= 0.3 is 0 Å². The summed E-state index contributed by atoms with van der Waals surface area (Å²) in [5.41, 5.74) is 2.85. The molecule has 4 rings (SSSR count). The van der Waals surface area contributed by atoms with E-state index in [4.69, 9.17) is 10.1 Å². The lowest BCUT2D eigenvalue weighted by molar-refractivity contribution is -0.384. The minimum absolute atomic E-state index is 0.0787. The largest absolute Gasteiger partial charge is 0.269 e. The van der Waals surface area contributed by atoms with Crippen molar-refractivity contribution in [2.45, 2.75) is 43.0 Å². The van der Waals surface area contributed by atoms with Gasteiger partial charge in [-0.15, -0.1) is 23.1 Å². The van der Waals surface area contributed by atoms with Crippen LogP contribution in [0.25, 0.3) is 11.3 Å². The van der Waals surface area contributed by atoms with Crippen LogP contribution in [0, 0.1) is 10.1 Å². The first-order valence-electron chi connectivity index (χ1n) is 10.3. The second-order valence-electron chi connectivity index (χ2n) is 7.46. The molecule has 0 N–H and O–H groups in total. The molecule has 1 aliphatic rings. The van der Waals surface area contributed by atoms with Gasteiger partial charge in [0.05, 0.1) is 22.9 Å². The van der Waals surface area contributed by atoms with Crippen molar-refractivity contribution in [2.24, 2.45) is 10.1 Å². The second-order valence-corrected chi connectivity index (χ2v) is 9.17. The first-order chi connectivity index (χ1) is 15.1. The van der Waals surface area contributed by atoms with Gasteiger partial charge in [-0.25, -0.2) is 4.68 Å². The van der Waals surface area contributed by atoms with Crippen molar-refractivity contribution in [3.8, 4) is 11.3 Å². The van der Waals surface area contributed by atoms with Crippen LogP contribution in [-0.2, 0) is 0 Å². The Hall–Kier alpha value is -2.71. The van der Waals surface area contributed by atoms with Gasteiger partial charge in [0.1, 0.15) is 0 Å². The van der Waals surface area contributed by atoms with Crippen molar-refractivity contribution < 1.29 is 4.92 Å². The number of thiazole rings is 1. The summed E-state index contributed by atoms with van der Waals surface area (Å²) in [5.74, 6) is 0. The minimum atomic E-state index is -0.383. The molecule has 0 bridgehead atoms.